The van der Waals surface area contributed by atoms with Gasteiger partial charge < -0.3 is 9.47 Å². The van der Waals surface area contributed by atoms with Gasteiger partial charge in [0.05, 0.1) is 7.11 Å². The van der Waals surface area contributed by atoms with Crippen molar-refractivity contribution in [2.45, 2.75) is 20.5 Å². The molecule has 0 aliphatic carbocycles. The normalized spacial score (nSPS) is 11.4. The maximum Gasteiger partial charge on any atom is 0.321 e. The second kappa shape index (κ2) is 9.99. The number of hydrogen-bond acceptors (Lipinski definition) is 6. The molecule has 0 bridgehead atoms. The lowest BCUT2D eigenvalue weighted by atomic mass is 10.1. The van der Waals surface area contributed by atoms with Crippen LogP contribution in [-0.4, -0.2) is 33.8 Å². The average Bonchev–Trinajstić information content (AvgIpc) is 2.70. The minimum atomic E-state index is -3.80. The third-order valence-corrected chi connectivity index (χ3v) is 5.05. The first kappa shape index (κ1) is 22.3. The molecule has 0 fully saturated rings. The molecule has 0 aliphatic rings. The Hall–Kier alpha value is -2.97. The van der Waals surface area contributed by atoms with Crippen LogP contribution in [0.5, 0.6) is 5.75 Å². The number of hydrogen-bond donors (Lipinski definition) is 1. The number of ketones is 1. The highest BCUT2D eigenvalue weighted by molar-refractivity contribution is 7.92. The van der Waals surface area contributed by atoms with Crippen LogP contribution in [-0.2, 0) is 26.2 Å². The fourth-order valence-corrected chi connectivity index (χ4v) is 3.12. The molecule has 0 unspecified atom stereocenters. The number of carbonyl (C=O) groups is 2. The molecule has 2 aromatic rings. The molecule has 2 rings (SSSR count). The van der Waals surface area contributed by atoms with Gasteiger partial charge in [-0.05, 0) is 43.7 Å². The molecule has 2 aromatic carbocycles. The van der Waals surface area contributed by atoms with Crippen LogP contribution in [0.15, 0.2) is 47.9 Å². The molecule has 0 amide bonds. The Kier molecular flexibility index (Phi) is 7.69. The molecular formula is C21H23NO6S. The molecule has 7 nitrogen and oxygen atoms in total. The number of nitrogens with one attached hydrogen (secondary N) is 1. The molecule has 0 spiro atoms. The van der Waals surface area contributed by atoms with Crippen LogP contribution < -0.4 is 9.46 Å². The first-order valence-corrected chi connectivity index (χ1v) is 10.3. The van der Waals surface area contributed by atoms with Crippen molar-refractivity contribution in [3.8, 4) is 5.75 Å². The van der Waals surface area contributed by atoms with Gasteiger partial charge >= 0.3 is 5.97 Å². The predicted molar refractivity (Wildman–Crippen MR) is 110 cm³/mol. The van der Waals surface area contributed by atoms with E-state index in [1.54, 1.807) is 30.3 Å². The van der Waals surface area contributed by atoms with Gasteiger partial charge in [0.1, 0.15) is 18.9 Å². The van der Waals surface area contributed by atoms with Gasteiger partial charge in [0.15, 0.2) is 5.78 Å². The lowest BCUT2D eigenvalue weighted by Gasteiger charge is -2.11. The molecule has 1 N–H and O–H groups in total. The number of rotatable bonds is 9. The van der Waals surface area contributed by atoms with Crippen molar-refractivity contribution < 1.29 is 27.5 Å². The van der Waals surface area contributed by atoms with Crippen molar-refractivity contribution in [2.75, 3.05) is 13.7 Å². The van der Waals surface area contributed by atoms with Crippen molar-refractivity contribution in [2.24, 2.45) is 0 Å². The molecule has 0 atom stereocenters. The van der Waals surface area contributed by atoms with Crippen LogP contribution in [0.25, 0.3) is 6.08 Å². The molecular weight excluding hydrogens is 394 g/mol. The fraction of sp³-hybridized carbons (Fsp3) is 0.238. The van der Waals surface area contributed by atoms with E-state index in [2.05, 4.69) is 4.72 Å². The molecule has 8 heteroatoms. The van der Waals surface area contributed by atoms with E-state index in [0.717, 1.165) is 16.5 Å². The van der Waals surface area contributed by atoms with Crippen LogP contribution >= 0.6 is 0 Å². The van der Waals surface area contributed by atoms with Crippen LogP contribution in [0, 0.1) is 6.92 Å². The number of Topliss-reactive ketones (excluding diaryl/α,β-unsaturated/α-hetero) is 1. The van der Waals surface area contributed by atoms with E-state index in [0.29, 0.717) is 16.9 Å². The van der Waals surface area contributed by atoms with E-state index in [4.69, 9.17) is 9.47 Å². The Morgan fingerprint density at radius 1 is 1.10 bits per heavy atom. The van der Waals surface area contributed by atoms with Crippen molar-refractivity contribution in [3.63, 3.8) is 0 Å². The molecule has 0 radical (unpaired) electrons. The highest BCUT2D eigenvalue weighted by atomic mass is 32.2. The summed E-state index contributed by atoms with van der Waals surface area (Å²) in [4.78, 5) is 23.4. The van der Waals surface area contributed by atoms with E-state index in [9.17, 15) is 18.0 Å². The zero-order valence-corrected chi connectivity index (χ0v) is 17.3. The number of carbonyl (C=O) groups excluding carboxylic acids is 2. The van der Waals surface area contributed by atoms with E-state index in [1.165, 1.54) is 20.1 Å². The van der Waals surface area contributed by atoms with Gasteiger partial charge in [-0.15, -0.1) is 0 Å². The average molecular weight is 417 g/mol. The van der Waals surface area contributed by atoms with Gasteiger partial charge in [-0.25, -0.2) is 13.1 Å². The minimum Gasteiger partial charge on any atom is -0.496 e. The lowest BCUT2D eigenvalue weighted by Crippen LogP contribution is -2.29. The molecule has 29 heavy (non-hydrogen) atoms. The largest absolute Gasteiger partial charge is 0.496 e. The smallest absolute Gasteiger partial charge is 0.321 e. The summed E-state index contributed by atoms with van der Waals surface area (Å²) < 4.78 is 36.5. The van der Waals surface area contributed by atoms with Gasteiger partial charge in [-0.3, -0.25) is 9.59 Å². The number of methoxy groups -OCH3 is 1. The zero-order chi connectivity index (χ0) is 21.4. The summed E-state index contributed by atoms with van der Waals surface area (Å²) in [5, 5.41) is 0.990. The van der Waals surface area contributed by atoms with Gasteiger partial charge in [-0.2, -0.15) is 0 Å². The number of sulfonamides is 1. The molecule has 154 valence electrons. The molecule has 0 saturated carbocycles. The molecule has 0 heterocycles. The monoisotopic (exact) mass is 417 g/mol. The molecule has 0 aliphatic heterocycles. The summed E-state index contributed by atoms with van der Waals surface area (Å²) in [6.07, 6.45) is 1.44. The number of aryl methyl sites for hydroxylation is 1. The van der Waals surface area contributed by atoms with E-state index in [-0.39, 0.29) is 12.4 Å². The second-order valence-corrected chi connectivity index (χ2v) is 7.97. The van der Waals surface area contributed by atoms with Crippen molar-refractivity contribution >= 4 is 27.9 Å². The predicted octanol–water partition coefficient (Wildman–Crippen LogP) is 2.84. The van der Waals surface area contributed by atoms with E-state index < -0.39 is 22.5 Å². The topological polar surface area (TPSA) is 98.8 Å². The Labute approximate surface area is 170 Å². The maximum absolute atomic E-state index is 12.0. The minimum absolute atomic E-state index is 0.131. The Bertz CT molecular complexity index is 1010. The standard InChI is InChI=1S/C21H23NO6S/c1-15-4-6-17(7-5-15)10-11-29(25,26)22-13-21(24)28-14-19-12-18(16(2)23)8-9-20(19)27-3/h4-12,22H,13-14H2,1-3H3/b11-10+. The van der Waals surface area contributed by atoms with Gasteiger partial charge in [0.25, 0.3) is 0 Å². The van der Waals surface area contributed by atoms with Crippen molar-refractivity contribution in [1.29, 1.82) is 0 Å². The fourth-order valence-electron chi connectivity index (χ4n) is 2.37. The summed E-state index contributed by atoms with van der Waals surface area (Å²) in [5.74, 6) is -0.426. The van der Waals surface area contributed by atoms with E-state index in [1.807, 2.05) is 19.1 Å². The van der Waals surface area contributed by atoms with Crippen LogP contribution in [0.1, 0.15) is 34.0 Å². The quantitative estimate of drug-likeness (QED) is 0.498. The lowest BCUT2D eigenvalue weighted by molar-refractivity contribution is -0.143. The third-order valence-electron chi connectivity index (χ3n) is 4.01. The Balaban J connectivity index is 1.91. The zero-order valence-electron chi connectivity index (χ0n) is 16.5. The van der Waals surface area contributed by atoms with Gasteiger partial charge in [-0.1, -0.05) is 29.8 Å². The van der Waals surface area contributed by atoms with Crippen LogP contribution in [0.4, 0.5) is 0 Å². The first-order valence-electron chi connectivity index (χ1n) is 8.78. The summed E-state index contributed by atoms with van der Waals surface area (Å²) >= 11 is 0. The number of esters is 1. The first-order chi connectivity index (χ1) is 13.7. The van der Waals surface area contributed by atoms with E-state index >= 15 is 0 Å². The second-order valence-electron chi connectivity index (χ2n) is 6.32. The van der Waals surface area contributed by atoms with Gasteiger partial charge in [0, 0.05) is 16.5 Å². The molecule has 0 aromatic heterocycles. The summed E-state index contributed by atoms with van der Waals surface area (Å²) in [5.41, 5.74) is 2.76. The van der Waals surface area contributed by atoms with Crippen LogP contribution in [0.3, 0.4) is 0 Å². The maximum atomic E-state index is 12.0. The third kappa shape index (κ3) is 7.17. The van der Waals surface area contributed by atoms with Gasteiger partial charge in [0.2, 0.25) is 10.0 Å². The SMILES string of the molecule is COc1ccc(C(C)=O)cc1COC(=O)CNS(=O)(=O)/C=C/c1ccc(C)cc1. The molecule has 0 saturated heterocycles. The summed E-state index contributed by atoms with van der Waals surface area (Å²) in [6, 6.07) is 12.1. The Morgan fingerprint density at radius 3 is 2.41 bits per heavy atom. The highest BCUT2D eigenvalue weighted by Crippen LogP contribution is 2.21. The van der Waals surface area contributed by atoms with Crippen molar-refractivity contribution in [3.05, 3.63) is 70.1 Å². The number of ether oxygens (including phenoxy) is 2. The highest BCUT2D eigenvalue weighted by Gasteiger charge is 2.13. The summed E-state index contributed by atoms with van der Waals surface area (Å²) in [6.45, 7) is 2.69. The Morgan fingerprint density at radius 2 is 1.79 bits per heavy atom. The summed E-state index contributed by atoms with van der Waals surface area (Å²) in [7, 11) is -2.34. The number of benzene rings is 2. The van der Waals surface area contributed by atoms with Crippen molar-refractivity contribution in [1.82, 2.24) is 4.72 Å². The van der Waals surface area contributed by atoms with Crippen LogP contribution in [0.2, 0.25) is 0 Å².